The minimum atomic E-state index is -1.39. The van der Waals surface area contributed by atoms with E-state index in [-0.39, 0.29) is 30.9 Å². The van der Waals surface area contributed by atoms with Crippen LogP contribution in [0.4, 0.5) is 0 Å². The Morgan fingerprint density at radius 2 is 1.23 bits per heavy atom. The second kappa shape index (κ2) is 33.9. The van der Waals surface area contributed by atoms with Crippen molar-refractivity contribution in [3.8, 4) is 0 Å². The first kappa shape index (κ1) is 45.1. The molecule has 0 fully saturated rings. The van der Waals surface area contributed by atoms with Crippen molar-refractivity contribution < 1.29 is 34.1 Å². The number of carboxylic acids is 1. The molecule has 0 saturated carbocycles. The average Bonchev–Trinajstić information content (AvgIpc) is 3.07. The Balaban J connectivity index is 4.34. The predicted molar refractivity (Wildman–Crippen MR) is 195 cm³/mol. The van der Waals surface area contributed by atoms with E-state index < -0.39 is 24.5 Å². The lowest BCUT2D eigenvalue weighted by Gasteiger charge is -2.15. The van der Waals surface area contributed by atoms with Gasteiger partial charge in [0.2, 0.25) is 11.8 Å². The van der Waals surface area contributed by atoms with Crippen LogP contribution in [0.2, 0.25) is 0 Å². The maximum atomic E-state index is 12.6. The number of hydrogen-bond acceptors (Lipinski definition) is 6. The number of amides is 2. The number of aliphatic hydroxyl groups is 1. The van der Waals surface area contributed by atoms with Crippen molar-refractivity contribution >= 4 is 23.8 Å². The quantitative estimate of drug-likeness (QED) is 0.0311. The number of esters is 1. The van der Waals surface area contributed by atoms with E-state index in [1.807, 2.05) is 0 Å². The molecule has 0 aliphatic rings. The Kier molecular flexibility index (Phi) is 31.9. The molecule has 9 heteroatoms. The molecule has 0 saturated heterocycles. The fourth-order valence-electron chi connectivity index (χ4n) is 5.13. The van der Waals surface area contributed by atoms with Crippen LogP contribution < -0.4 is 10.6 Å². The molecule has 2 atom stereocenters. The van der Waals surface area contributed by atoms with Crippen molar-refractivity contribution in [2.24, 2.45) is 0 Å². The minimum Gasteiger partial charge on any atom is -0.480 e. The molecule has 2 unspecified atom stereocenters. The molecule has 0 aromatic carbocycles. The van der Waals surface area contributed by atoms with Crippen LogP contribution in [0.25, 0.3) is 0 Å². The van der Waals surface area contributed by atoms with Crippen molar-refractivity contribution in [1.29, 1.82) is 0 Å². The number of hydrogen-bond donors (Lipinski definition) is 4. The Morgan fingerprint density at radius 3 is 1.88 bits per heavy atom. The van der Waals surface area contributed by atoms with Gasteiger partial charge in [-0.25, -0.2) is 4.79 Å². The summed E-state index contributed by atoms with van der Waals surface area (Å²) in [5, 5.41) is 22.5. The molecular weight excluding hydrogens is 608 g/mol. The fourth-order valence-corrected chi connectivity index (χ4v) is 5.13. The first-order chi connectivity index (χ1) is 23.3. The molecule has 0 spiro atoms. The molecule has 0 aromatic heterocycles. The first-order valence-corrected chi connectivity index (χ1v) is 18.9. The van der Waals surface area contributed by atoms with Gasteiger partial charge in [0, 0.05) is 12.8 Å². The fraction of sp³-hybridized carbons (Fsp3) is 0.744. The number of carbonyl (C=O) groups is 4. The smallest absolute Gasteiger partial charge is 0.328 e. The highest BCUT2D eigenvalue weighted by Crippen LogP contribution is 2.15. The van der Waals surface area contributed by atoms with Gasteiger partial charge in [-0.15, -0.1) is 0 Å². The molecule has 48 heavy (non-hydrogen) atoms. The minimum absolute atomic E-state index is 0.127. The molecule has 0 aromatic rings. The summed E-state index contributed by atoms with van der Waals surface area (Å²) < 4.78 is 5.87. The molecule has 0 bridgehead atoms. The zero-order chi connectivity index (χ0) is 35.5. The average molecular weight is 677 g/mol. The monoisotopic (exact) mass is 677 g/mol. The SMILES string of the molecule is CCC/C=C\C/C=C\CCCCCCCC(=O)OC(/C=C\CCCCCCCC)CCCCCCC(=O)NCC(=O)NC(CO)C(=O)O. The lowest BCUT2D eigenvalue weighted by Crippen LogP contribution is -2.47. The molecule has 0 rings (SSSR count). The third-order valence-electron chi connectivity index (χ3n) is 8.07. The van der Waals surface area contributed by atoms with E-state index in [9.17, 15) is 19.2 Å². The molecule has 0 radical (unpaired) electrons. The highest BCUT2D eigenvalue weighted by molar-refractivity contribution is 5.87. The highest BCUT2D eigenvalue weighted by atomic mass is 16.5. The molecule has 9 nitrogen and oxygen atoms in total. The van der Waals surface area contributed by atoms with Gasteiger partial charge >= 0.3 is 11.9 Å². The number of carbonyl (C=O) groups excluding carboxylic acids is 3. The van der Waals surface area contributed by atoms with E-state index in [1.165, 1.54) is 51.4 Å². The van der Waals surface area contributed by atoms with Crippen LogP contribution in [0.3, 0.4) is 0 Å². The highest BCUT2D eigenvalue weighted by Gasteiger charge is 2.18. The zero-order valence-electron chi connectivity index (χ0n) is 30.2. The first-order valence-electron chi connectivity index (χ1n) is 18.9. The Hall–Kier alpha value is -2.94. The van der Waals surface area contributed by atoms with Crippen LogP contribution in [0.5, 0.6) is 0 Å². The molecule has 0 aliphatic carbocycles. The third kappa shape index (κ3) is 30.4. The molecule has 4 N–H and O–H groups in total. The normalized spacial score (nSPS) is 12.9. The van der Waals surface area contributed by atoms with E-state index in [0.29, 0.717) is 12.8 Å². The van der Waals surface area contributed by atoms with Gasteiger partial charge in [0.05, 0.1) is 13.2 Å². The van der Waals surface area contributed by atoms with Gasteiger partial charge in [-0.2, -0.15) is 0 Å². The Morgan fingerprint density at radius 1 is 0.646 bits per heavy atom. The van der Waals surface area contributed by atoms with Gasteiger partial charge in [0.25, 0.3) is 0 Å². The molecule has 0 heterocycles. The van der Waals surface area contributed by atoms with E-state index in [4.69, 9.17) is 14.9 Å². The summed E-state index contributed by atoms with van der Waals surface area (Å²) in [7, 11) is 0. The van der Waals surface area contributed by atoms with Crippen molar-refractivity contribution in [3.05, 3.63) is 36.5 Å². The topological polar surface area (TPSA) is 142 Å². The van der Waals surface area contributed by atoms with E-state index in [1.54, 1.807) is 0 Å². The predicted octanol–water partition coefficient (Wildman–Crippen LogP) is 8.26. The third-order valence-corrected chi connectivity index (χ3v) is 8.07. The Labute approximate surface area is 291 Å². The number of carboxylic acid groups (broad SMARTS) is 1. The van der Waals surface area contributed by atoms with Gasteiger partial charge < -0.3 is 25.6 Å². The van der Waals surface area contributed by atoms with Crippen LogP contribution in [0.1, 0.15) is 162 Å². The summed E-state index contributed by atoms with van der Waals surface area (Å²) in [6.45, 7) is 3.35. The maximum Gasteiger partial charge on any atom is 0.328 e. The summed E-state index contributed by atoms with van der Waals surface area (Å²) >= 11 is 0. The standard InChI is InChI=1S/C39H68N2O7/c1-3-5-7-9-11-13-14-15-16-17-19-21-27-31-38(45)48-34(28-24-20-18-12-10-8-6-4-2)29-25-22-23-26-30-36(43)40-32-37(44)41-35(33-42)39(46)47/h7,9,13-14,24,28,34-35,42H,3-6,8,10-12,15-23,25-27,29-33H2,1-2H3,(H,40,43)(H,41,44)(H,46,47)/b9-7-,14-13-,28-24-. The van der Waals surface area contributed by atoms with Gasteiger partial charge in [0.1, 0.15) is 12.1 Å². The second-order valence-corrected chi connectivity index (χ2v) is 12.7. The van der Waals surface area contributed by atoms with Crippen LogP contribution in [-0.2, 0) is 23.9 Å². The summed E-state index contributed by atoms with van der Waals surface area (Å²) in [5.74, 6) is -2.42. The Bertz CT molecular complexity index is 916. The number of ether oxygens (including phenoxy) is 1. The molecule has 276 valence electrons. The van der Waals surface area contributed by atoms with Crippen molar-refractivity contribution in [3.63, 3.8) is 0 Å². The van der Waals surface area contributed by atoms with E-state index >= 15 is 0 Å². The van der Waals surface area contributed by atoms with Crippen LogP contribution in [0, 0.1) is 0 Å². The summed E-state index contributed by atoms with van der Waals surface area (Å²) in [5.41, 5.74) is 0. The van der Waals surface area contributed by atoms with Gasteiger partial charge in [0.15, 0.2) is 0 Å². The van der Waals surface area contributed by atoms with Crippen molar-refractivity contribution in [1.82, 2.24) is 10.6 Å². The van der Waals surface area contributed by atoms with Crippen LogP contribution in [0.15, 0.2) is 36.5 Å². The van der Waals surface area contributed by atoms with Crippen molar-refractivity contribution in [2.45, 2.75) is 174 Å². The molecule has 0 aliphatic heterocycles. The number of aliphatic carboxylic acids is 1. The van der Waals surface area contributed by atoms with E-state index in [0.717, 1.165) is 77.0 Å². The largest absolute Gasteiger partial charge is 0.480 e. The van der Waals surface area contributed by atoms with Gasteiger partial charge in [-0.3, -0.25) is 14.4 Å². The number of unbranched alkanes of at least 4 members (excludes halogenated alkanes) is 15. The maximum absolute atomic E-state index is 12.6. The summed E-state index contributed by atoms with van der Waals surface area (Å²) in [6.07, 6.45) is 36.1. The lowest BCUT2D eigenvalue weighted by molar-refractivity contribution is -0.147. The number of allylic oxidation sites excluding steroid dienone is 5. The van der Waals surface area contributed by atoms with E-state index in [2.05, 4.69) is 60.9 Å². The van der Waals surface area contributed by atoms with Gasteiger partial charge in [-0.1, -0.05) is 115 Å². The van der Waals surface area contributed by atoms with Crippen LogP contribution >= 0.6 is 0 Å². The molecular formula is C39H68N2O7. The summed E-state index contributed by atoms with van der Waals surface area (Å²) in [4.78, 5) is 47.3. The lowest BCUT2D eigenvalue weighted by atomic mass is 10.1. The second-order valence-electron chi connectivity index (χ2n) is 12.7. The number of rotatable bonds is 33. The van der Waals surface area contributed by atoms with Gasteiger partial charge in [-0.05, 0) is 70.3 Å². The zero-order valence-corrected chi connectivity index (χ0v) is 30.2. The summed E-state index contributed by atoms with van der Waals surface area (Å²) in [6, 6.07) is -1.39. The number of aliphatic hydroxyl groups excluding tert-OH is 1. The number of nitrogens with one attached hydrogen (secondary N) is 2. The van der Waals surface area contributed by atoms with Crippen molar-refractivity contribution in [2.75, 3.05) is 13.2 Å². The van der Waals surface area contributed by atoms with Crippen LogP contribution in [-0.4, -0.2) is 59.3 Å². The molecule has 2 amide bonds.